The third-order valence-corrected chi connectivity index (χ3v) is 6.08. The molecule has 0 radical (unpaired) electrons. The summed E-state index contributed by atoms with van der Waals surface area (Å²) in [6, 6.07) is 5.98. The minimum Gasteiger partial charge on any atom is -0.338 e. The predicted octanol–water partition coefficient (Wildman–Crippen LogP) is 3.28. The van der Waals surface area contributed by atoms with Gasteiger partial charge in [-0.3, -0.25) is 14.3 Å². The highest BCUT2D eigenvalue weighted by molar-refractivity contribution is 7.92. The number of alkyl halides is 3. The maximum atomic E-state index is 12.8. The maximum Gasteiger partial charge on any atom is 0.416 e. The van der Waals surface area contributed by atoms with Gasteiger partial charge in [-0.05, 0) is 62.7 Å². The van der Waals surface area contributed by atoms with E-state index in [-0.39, 0.29) is 27.4 Å². The molecule has 0 unspecified atom stereocenters. The summed E-state index contributed by atoms with van der Waals surface area (Å²) in [6.07, 6.45) is -4.55. The average molecular weight is 441 g/mol. The number of halogens is 3. The summed E-state index contributed by atoms with van der Waals surface area (Å²) in [5, 5.41) is 5.11. The molecule has 0 saturated carbocycles. The number of sulfonamides is 1. The van der Waals surface area contributed by atoms with E-state index in [2.05, 4.69) is 15.4 Å². The summed E-state index contributed by atoms with van der Waals surface area (Å²) in [6.45, 7) is 4.48. The molecule has 3 rings (SSSR count). The number of anilines is 2. The molecule has 0 aromatic heterocycles. The molecule has 0 saturated heterocycles. The summed E-state index contributed by atoms with van der Waals surface area (Å²) in [7, 11) is -4.23. The molecule has 1 aliphatic rings. The summed E-state index contributed by atoms with van der Waals surface area (Å²) >= 11 is 0. The van der Waals surface area contributed by atoms with Crippen LogP contribution in [0.2, 0.25) is 0 Å². The number of rotatable bonds is 3. The van der Waals surface area contributed by atoms with Crippen molar-refractivity contribution in [2.24, 2.45) is 0 Å². The van der Waals surface area contributed by atoms with E-state index < -0.39 is 39.1 Å². The van der Waals surface area contributed by atoms with Crippen LogP contribution in [-0.4, -0.2) is 25.8 Å². The van der Waals surface area contributed by atoms with Crippen molar-refractivity contribution in [3.05, 3.63) is 53.1 Å². The Kier molecular flexibility index (Phi) is 5.05. The lowest BCUT2D eigenvalue weighted by molar-refractivity contribution is -0.137. The first-order valence-corrected chi connectivity index (χ1v) is 10.2. The fraction of sp³-hybridized carbons (Fsp3) is 0.263. The van der Waals surface area contributed by atoms with E-state index in [1.807, 2.05) is 0 Å². The Balaban J connectivity index is 1.98. The molecule has 2 aromatic carbocycles. The second kappa shape index (κ2) is 7.01. The Labute approximate surface area is 170 Å². The molecule has 160 valence electrons. The Bertz CT molecular complexity index is 1140. The van der Waals surface area contributed by atoms with Gasteiger partial charge in [-0.2, -0.15) is 13.2 Å². The van der Waals surface area contributed by atoms with Crippen LogP contribution in [0.4, 0.5) is 24.5 Å². The normalized spacial score (nSPS) is 16.2. The zero-order valence-corrected chi connectivity index (χ0v) is 17.0. The lowest BCUT2D eigenvalue weighted by Crippen LogP contribution is -2.50. The minimum absolute atomic E-state index is 0.0488. The highest BCUT2D eigenvalue weighted by Crippen LogP contribution is 2.31. The van der Waals surface area contributed by atoms with Gasteiger partial charge in [0, 0.05) is 5.69 Å². The van der Waals surface area contributed by atoms with E-state index in [4.69, 9.17) is 0 Å². The van der Waals surface area contributed by atoms with Crippen LogP contribution in [0, 0.1) is 6.92 Å². The lowest BCUT2D eigenvalue weighted by Gasteiger charge is -2.21. The number of amides is 2. The number of carbonyl (C=O) groups excluding carboxylic acids is 2. The second-order valence-corrected chi connectivity index (χ2v) is 9.03. The molecular weight excluding hydrogens is 423 g/mol. The molecule has 2 aromatic rings. The first-order chi connectivity index (χ1) is 13.7. The molecule has 1 aliphatic heterocycles. The Morgan fingerprint density at radius 1 is 1.03 bits per heavy atom. The van der Waals surface area contributed by atoms with Gasteiger partial charge in [0.2, 0.25) is 5.91 Å². The van der Waals surface area contributed by atoms with Crippen molar-refractivity contribution in [3.8, 4) is 0 Å². The third kappa shape index (κ3) is 4.11. The largest absolute Gasteiger partial charge is 0.416 e. The predicted molar refractivity (Wildman–Crippen MR) is 104 cm³/mol. The Morgan fingerprint density at radius 2 is 1.63 bits per heavy atom. The molecule has 11 heteroatoms. The molecule has 2 amide bonds. The van der Waals surface area contributed by atoms with Crippen LogP contribution in [0.1, 0.15) is 35.3 Å². The van der Waals surface area contributed by atoms with Gasteiger partial charge in [0.15, 0.2) is 0 Å². The monoisotopic (exact) mass is 441 g/mol. The average Bonchev–Trinajstić information content (AvgIpc) is 2.67. The van der Waals surface area contributed by atoms with Gasteiger partial charge in [0.1, 0.15) is 5.54 Å². The van der Waals surface area contributed by atoms with Gasteiger partial charge in [0.05, 0.1) is 21.7 Å². The topological polar surface area (TPSA) is 104 Å². The molecule has 0 bridgehead atoms. The second-order valence-electron chi connectivity index (χ2n) is 7.38. The molecule has 3 N–H and O–H groups in total. The van der Waals surface area contributed by atoms with E-state index in [1.165, 1.54) is 26.8 Å². The molecule has 1 heterocycles. The Hall–Kier alpha value is -3.08. The van der Waals surface area contributed by atoms with Gasteiger partial charge in [-0.25, -0.2) is 8.42 Å². The van der Waals surface area contributed by atoms with E-state index >= 15 is 0 Å². The van der Waals surface area contributed by atoms with Crippen molar-refractivity contribution in [1.29, 1.82) is 0 Å². The molecule has 30 heavy (non-hydrogen) atoms. The summed E-state index contributed by atoms with van der Waals surface area (Å²) in [5.41, 5.74) is -1.85. The van der Waals surface area contributed by atoms with Gasteiger partial charge in [-0.15, -0.1) is 0 Å². The van der Waals surface area contributed by atoms with Gasteiger partial charge < -0.3 is 10.6 Å². The molecule has 0 spiro atoms. The third-order valence-electron chi connectivity index (χ3n) is 4.56. The van der Waals surface area contributed by atoms with Crippen molar-refractivity contribution < 1.29 is 31.2 Å². The van der Waals surface area contributed by atoms with Crippen LogP contribution < -0.4 is 15.4 Å². The van der Waals surface area contributed by atoms with E-state index in [0.717, 1.165) is 30.3 Å². The highest BCUT2D eigenvalue weighted by Gasteiger charge is 2.35. The Morgan fingerprint density at radius 3 is 2.20 bits per heavy atom. The summed E-state index contributed by atoms with van der Waals surface area (Å²) in [5.74, 6) is -1.10. The number of nitrogens with one attached hydrogen (secondary N) is 3. The van der Waals surface area contributed by atoms with Crippen LogP contribution in [0.3, 0.4) is 0 Å². The summed E-state index contributed by atoms with van der Waals surface area (Å²) in [4.78, 5) is 24.5. The van der Waals surface area contributed by atoms with Crippen molar-refractivity contribution >= 4 is 33.2 Å². The van der Waals surface area contributed by atoms with Crippen molar-refractivity contribution in [2.75, 3.05) is 10.0 Å². The SMILES string of the molecule is Cc1cc2c(cc1S(=O)(=O)Nc1ccc(C(F)(F)F)cc1)C(=O)NC(C)(C)C(=O)N2. The fourth-order valence-corrected chi connectivity index (χ4v) is 4.20. The fourth-order valence-electron chi connectivity index (χ4n) is 2.89. The van der Waals surface area contributed by atoms with Gasteiger partial charge in [0.25, 0.3) is 15.9 Å². The van der Waals surface area contributed by atoms with Gasteiger partial charge in [-0.1, -0.05) is 0 Å². The van der Waals surface area contributed by atoms with Gasteiger partial charge >= 0.3 is 6.18 Å². The van der Waals surface area contributed by atoms with Crippen molar-refractivity contribution in [3.63, 3.8) is 0 Å². The van der Waals surface area contributed by atoms with Crippen LogP contribution >= 0.6 is 0 Å². The van der Waals surface area contributed by atoms with Crippen LogP contribution in [0.5, 0.6) is 0 Å². The smallest absolute Gasteiger partial charge is 0.338 e. The first-order valence-electron chi connectivity index (χ1n) is 8.69. The standard InChI is InChI=1S/C19H18F3N3O4S/c1-10-8-14-13(16(26)24-18(2,3)17(27)23-14)9-15(10)30(28,29)25-12-6-4-11(5-7-12)19(20,21)22/h4-9,25H,1-3H3,(H,23,27)(H,24,26). The molecule has 7 nitrogen and oxygen atoms in total. The van der Waals surface area contributed by atoms with Crippen molar-refractivity contribution in [2.45, 2.75) is 37.4 Å². The number of hydrogen-bond donors (Lipinski definition) is 3. The number of carbonyl (C=O) groups is 2. The zero-order valence-electron chi connectivity index (χ0n) is 16.1. The van der Waals surface area contributed by atoms with E-state index in [0.29, 0.717) is 0 Å². The minimum atomic E-state index is -4.55. The number of fused-ring (bicyclic) bond motifs is 1. The number of benzene rings is 2. The van der Waals surface area contributed by atoms with Crippen LogP contribution in [0.25, 0.3) is 0 Å². The molecule has 0 atom stereocenters. The molecular formula is C19H18F3N3O4S. The number of aryl methyl sites for hydroxylation is 1. The van der Waals surface area contributed by atoms with Crippen LogP contribution in [0.15, 0.2) is 41.3 Å². The number of hydrogen-bond acceptors (Lipinski definition) is 4. The highest BCUT2D eigenvalue weighted by atomic mass is 32.2. The van der Waals surface area contributed by atoms with E-state index in [1.54, 1.807) is 0 Å². The molecule has 0 fully saturated rings. The lowest BCUT2D eigenvalue weighted by atomic mass is 10.1. The zero-order chi connectivity index (χ0) is 22.5. The maximum absolute atomic E-state index is 12.8. The first kappa shape index (κ1) is 21.6. The summed E-state index contributed by atoms with van der Waals surface area (Å²) < 4.78 is 65.9. The van der Waals surface area contributed by atoms with Crippen LogP contribution in [-0.2, 0) is 21.0 Å². The van der Waals surface area contributed by atoms with E-state index in [9.17, 15) is 31.2 Å². The molecule has 0 aliphatic carbocycles. The quantitative estimate of drug-likeness (QED) is 0.680. The van der Waals surface area contributed by atoms with Crippen molar-refractivity contribution in [1.82, 2.24) is 5.32 Å².